The predicted octanol–water partition coefficient (Wildman–Crippen LogP) is 3.59. The molecule has 1 atom stereocenters. The predicted molar refractivity (Wildman–Crippen MR) is 85.8 cm³/mol. The highest BCUT2D eigenvalue weighted by molar-refractivity contribution is 7.21. The van der Waals surface area contributed by atoms with Crippen molar-refractivity contribution in [1.29, 1.82) is 0 Å². The van der Waals surface area contributed by atoms with Crippen LogP contribution in [0, 0.1) is 16.0 Å². The maximum absolute atomic E-state index is 12.2. The molecule has 0 saturated carbocycles. The third-order valence-electron chi connectivity index (χ3n) is 3.77. The van der Waals surface area contributed by atoms with E-state index in [1.165, 1.54) is 17.4 Å². The van der Waals surface area contributed by atoms with Gasteiger partial charge in [-0.25, -0.2) is 4.79 Å². The van der Waals surface area contributed by atoms with Crippen LogP contribution in [-0.2, 0) is 11.2 Å². The van der Waals surface area contributed by atoms with Crippen LogP contribution in [0.15, 0.2) is 12.1 Å². The van der Waals surface area contributed by atoms with Crippen LogP contribution in [0.5, 0.6) is 0 Å². The lowest BCUT2D eigenvalue weighted by molar-refractivity contribution is -0.383. The van der Waals surface area contributed by atoms with Crippen molar-refractivity contribution in [2.45, 2.75) is 20.3 Å². The molecular formula is C15H16N2O4S. The molecular weight excluding hydrogens is 304 g/mol. The largest absolute Gasteiger partial charge is 0.462 e. The SMILES string of the molecule is CCOC(=O)c1sc2ccc([N+](=O)[O-])c3c2c1CC(C)CN3. The standard InChI is InChI=1S/C15H16N2O4S/c1-3-21-15(18)14-9-6-8(2)7-16-13-10(17(19)20)4-5-11(22-14)12(9)13/h4-5,8,16H,3,6-7H2,1-2H3. The van der Waals surface area contributed by atoms with E-state index in [9.17, 15) is 14.9 Å². The third-order valence-corrected chi connectivity index (χ3v) is 4.95. The Bertz CT molecular complexity index is 768. The van der Waals surface area contributed by atoms with E-state index in [0.29, 0.717) is 30.1 Å². The molecule has 1 aromatic carbocycles. The normalized spacial score (nSPS) is 16.9. The van der Waals surface area contributed by atoms with Crippen LogP contribution in [0.25, 0.3) is 10.1 Å². The summed E-state index contributed by atoms with van der Waals surface area (Å²) in [5.41, 5.74) is 1.44. The molecule has 0 saturated heterocycles. The molecule has 3 rings (SSSR count). The minimum absolute atomic E-state index is 0.0519. The summed E-state index contributed by atoms with van der Waals surface area (Å²) in [7, 11) is 0. The van der Waals surface area contributed by atoms with Crippen LogP contribution in [0.1, 0.15) is 29.1 Å². The van der Waals surface area contributed by atoms with Crippen LogP contribution < -0.4 is 5.32 Å². The number of benzene rings is 1. The molecule has 0 fully saturated rings. The fraction of sp³-hybridized carbons (Fsp3) is 0.400. The van der Waals surface area contributed by atoms with E-state index in [4.69, 9.17) is 4.74 Å². The molecule has 7 heteroatoms. The van der Waals surface area contributed by atoms with Gasteiger partial charge in [0.05, 0.1) is 11.5 Å². The molecule has 0 spiro atoms. The fourth-order valence-corrected chi connectivity index (χ4v) is 3.96. The van der Waals surface area contributed by atoms with Gasteiger partial charge in [-0.05, 0) is 30.9 Å². The van der Waals surface area contributed by atoms with Gasteiger partial charge in [-0.1, -0.05) is 6.92 Å². The van der Waals surface area contributed by atoms with Gasteiger partial charge in [-0.2, -0.15) is 0 Å². The van der Waals surface area contributed by atoms with Crippen molar-refractivity contribution in [3.05, 3.63) is 32.7 Å². The van der Waals surface area contributed by atoms with E-state index in [2.05, 4.69) is 12.2 Å². The van der Waals surface area contributed by atoms with Gasteiger partial charge < -0.3 is 10.1 Å². The lowest BCUT2D eigenvalue weighted by Crippen LogP contribution is -2.12. The summed E-state index contributed by atoms with van der Waals surface area (Å²) < 4.78 is 6.01. The molecule has 116 valence electrons. The number of nitro groups is 1. The fourth-order valence-electron chi connectivity index (χ4n) is 2.83. The van der Waals surface area contributed by atoms with E-state index in [1.54, 1.807) is 13.0 Å². The Kier molecular flexibility index (Phi) is 3.74. The average Bonchev–Trinajstić information content (AvgIpc) is 2.74. The molecule has 1 N–H and O–H groups in total. The molecule has 2 heterocycles. The Morgan fingerprint density at radius 1 is 1.55 bits per heavy atom. The second kappa shape index (κ2) is 5.57. The van der Waals surface area contributed by atoms with Crippen LogP contribution in [-0.4, -0.2) is 24.0 Å². The molecule has 1 aliphatic heterocycles. The molecule has 0 amide bonds. The summed E-state index contributed by atoms with van der Waals surface area (Å²) in [6.45, 7) is 4.78. The Morgan fingerprint density at radius 2 is 2.32 bits per heavy atom. The summed E-state index contributed by atoms with van der Waals surface area (Å²) >= 11 is 1.35. The lowest BCUT2D eigenvalue weighted by atomic mass is 9.99. The van der Waals surface area contributed by atoms with Crippen molar-refractivity contribution < 1.29 is 14.5 Å². The number of carbonyl (C=O) groups is 1. The van der Waals surface area contributed by atoms with E-state index < -0.39 is 0 Å². The maximum Gasteiger partial charge on any atom is 0.348 e. The van der Waals surface area contributed by atoms with E-state index in [1.807, 2.05) is 0 Å². The van der Waals surface area contributed by atoms with Gasteiger partial charge in [0.1, 0.15) is 10.6 Å². The first-order chi connectivity index (χ1) is 10.5. The van der Waals surface area contributed by atoms with Crippen molar-refractivity contribution >= 4 is 38.8 Å². The van der Waals surface area contributed by atoms with Gasteiger partial charge in [-0.15, -0.1) is 11.3 Å². The zero-order chi connectivity index (χ0) is 15.9. The second-order valence-corrected chi connectivity index (χ2v) is 6.46. The summed E-state index contributed by atoms with van der Waals surface area (Å²) in [6.07, 6.45) is 0.704. The van der Waals surface area contributed by atoms with Crippen molar-refractivity contribution in [3.8, 4) is 0 Å². The highest BCUT2D eigenvalue weighted by Crippen LogP contribution is 2.43. The molecule has 22 heavy (non-hydrogen) atoms. The zero-order valence-corrected chi connectivity index (χ0v) is 13.2. The van der Waals surface area contributed by atoms with Gasteiger partial charge in [0.2, 0.25) is 0 Å². The Hall–Kier alpha value is -2.15. The number of hydrogen-bond donors (Lipinski definition) is 1. The Labute approximate surface area is 131 Å². The number of carbonyl (C=O) groups excluding carboxylic acids is 1. The summed E-state index contributed by atoms with van der Waals surface area (Å²) in [5.74, 6) is -0.0700. The second-order valence-electron chi connectivity index (χ2n) is 5.41. The van der Waals surface area contributed by atoms with Crippen LogP contribution in [0.2, 0.25) is 0 Å². The molecule has 0 aliphatic carbocycles. The number of thiophene rings is 1. The van der Waals surface area contributed by atoms with Crippen LogP contribution >= 0.6 is 11.3 Å². The maximum atomic E-state index is 12.2. The first kappa shape index (κ1) is 14.8. The minimum Gasteiger partial charge on any atom is -0.462 e. The molecule has 1 aliphatic rings. The number of nitrogens with zero attached hydrogens (tertiary/aromatic N) is 1. The quantitative estimate of drug-likeness (QED) is 0.531. The van der Waals surface area contributed by atoms with Crippen molar-refractivity contribution in [2.75, 3.05) is 18.5 Å². The number of hydrogen-bond acceptors (Lipinski definition) is 6. The lowest BCUT2D eigenvalue weighted by Gasteiger charge is -2.09. The molecule has 0 bridgehead atoms. The van der Waals surface area contributed by atoms with Crippen LogP contribution in [0.3, 0.4) is 0 Å². The van der Waals surface area contributed by atoms with Gasteiger partial charge in [0.15, 0.2) is 0 Å². The molecule has 0 radical (unpaired) electrons. The third kappa shape index (κ3) is 2.31. The molecule has 6 nitrogen and oxygen atoms in total. The van der Waals surface area contributed by atoms with Gasteiger partial charge in [-0.3, -0.25) is 10.1 Å². The molecule has 1 unspecified atom stereocenters. The van der Waals surface area contributed by atoms with Gasteiger partial charge >= 0.3 is 5.97 Å². The molecule has 2 aromatic rings. The number of rotatable bonds is 3. The monoisotopic (exact) mass is 320 g/mol. The average molecular weight is 320 g/mol. The zero-order valence-electron chi connectivity index (χ0n) is 12.3. The van der Waals surface area contributed by atoms with Crippen molar-refractivity contribution in [3.63, 3.8) is 0 Å². The van der Waals surface area contributed by atoms with Crippen molar-refractivity contribution in [2.24, 2.45) is 5.92 Å². The van der Waals surface area contributed by atoms with Gasteiger partial charge in [0, 0.05) is 22.7 Å². The molecule has 1 aromatic heterocycles. The van der Waals surface area contributed by atoms with Crippen LogP contribution in [0.4, 0.5) is 11.4 Å². The highest BCUT2D eigenvalue weighted by Gasteiger charge is 2.29. The number of nitro benzene ring substituents is 1. The number of anilines is 1. The highest BCUT2D eigenvalue weighted by atomic mass is 32.1. The minimum atomic E-state index is -0.386. The summed E-state index contributed by atoms with van der Waals surface area (Å²) in [5, 5.41) is 15.3. The smallest absolute Gasteiger partial charge is 0.348 e. The summed E-state index contributed by atoms with van der Waals surface area (Å²) in [6, 6.07) is 3.21. The number of nitrogens with one attached hydrogen (secondary N) is 1. The van der Waals surface area contributed by atoms with E-state index >= 15 is 0 Å². The van der Waals surface area contributed by atoms with E-state index in [-0.39, 0.29) is 22.5 Å². The number of ether oxygens (including phenoxy) is 1. The van der Waals surface area contributed by atoms with E-state index in [0.717, 1.165) is 15.6 Å². The topological polar surface area (TPSA) is 81.5 Å². The number of esters is 1. The van der Waals surface area contributed by atoms with Crippen molar-refractivity contribution in [1.82, 2.24) is 0 Å². The summed E-state index contributed by atoms with van der Waals surface area (Å²) in [4.78, 5) is 23.7. The first-order valence-corrected chi connectivity index (χ1v) is 7.98. The first-order valence-electron chi connectivity index (χ1n) is 7.16. The van der Waals surface area contributed by atoms with Gasteiger partial charge in [0.25, 0.3) is 5.69 Å². The Balaban J connectivity index is 2.28. The Morgan fingerprint density at radius 3 is 3.00 bits per heavy atom.